The maximum Gasteiger partial charge on any atom is 1.00 e. The van der Waals surface area contributed by atoms with Crippen LogP contribution in [0.1, 0.15) is 51.7 Å². The van der Waals surface area contributed by atoms with Crippen LogP contribution < -0.4 is 34.5 Å². The third kappa shape index (κ3) is 8.24. The molecule has 0 atom stereocenters. The predicted octanol–water partition coefficient (Wildman–Crippen LogP) is 4.94. The molecule has 8 nitrogen and oxygen atoms in total. The zero-order valence-corrected chi connectivity index (χ0v) is 34.0. The fourth-order valence-electron chi connectivity index (χ4n) is 7.84. The molecule has 0 saturated heterocycles. The summed E-state index contributed by atoms with van der Waals surface area (Å²) in [5.74, 6) is -0.725. The van der Waals surface area contributed by atoms with Gasteiger partial charge in [-0.05, 0) is 65.6 Å². The van der Waals surface area contributed by atoms with Crippen molar-refractivity contribution in [3.8, 4) is 0 Å². The Morgan fingerprint density at radius 2 is 1.33 bits per heavy atom. The summed E-state index contributed by atoms with van der Waals surface area (Å²) in [5, 5.41) is 4.58. The molecule has 0 spiro atoms. The number of benzene rings is 4. The van der Waals surface area contributed by atoms with Gasteiger partial charge in [-0.1, -0.05) is 98.8 Å². The van der Waals surface area contributed by atoms with E-state index in [-0.39, 0.29) is 59.0 Å². The van der Waals surface area contributed by atoms with Crippen LogP contribution in [0.4, 0.5) is 11.4 Å². The van der Waals surface area contributed by atoms with E-state index in [0.29, 0.717) is 13.1 Å². The summed E-state index contributed by atoms with van der Waals surface area (Å²) in [6, 6.07) is 24.9. The van der Waals surface area contributed by atoms with Gasteiger partial charge in [-0.2, -0.15) is 13.0 Å². The van der Waals surface area contributed by atoms with Crippen molar-refractivity contribution in [2.45, 2.75) is 51.4 Å². The summed E-state index contributed by atoms with van der Waals surface area (Å²) in [4.78, 5) is 2.16. The first-order valence-electron chi connectivity index (χ1n) is 17.2. The van der Waals surface area contributed by atoms with Gasteiger partial charge in [-0.15, -0.1) is 0 Å². The van der Waals surface area contributed by atoms with Crippen LogP contribution in [-0.4, -0.2) is 60.8 Å². The molecule has 2 heterocycles. The molecular weight excluding hydrogens is 704 g/mol. The first-order chi connectivity index (χ1) is 24.1. The van der Waals surface area contributed by atoms with Gasteiger partial charge in [-0.25, -0.2) is 8.42 Å². The topological polar surface area (TPSA) is 118 Å². The first kappa shape index (κ1) is 39.8. The second kappa shape index (κ2) is 15.6. The van der Waals surface area contributed by atoms with E-state index < -0.39 is 26.0 Å². The Balaban J connectivity index is 0.00000523. The fourth-order valence-corrected chi connectivity index (χ4v) is 8.82. The maximum atomic E-state index is 11.5. The molecule has 52 heavy (non-hydrogen) atoms. The van der Waals surface area contributed by atoms with Gasteiger partial charge >= 0.3 is 29.6 Å². The smallest absolute Gasteiger partial charge is 0.748 e. The normalized spacial score (nSPS) is 17.7. The van der Waals surface area contributed by atoms with Crippen molar-refractivity contribution in [1.29, 1.82) is 0 Å². The number of allylic oxidation sites excluding steroid dienone is 8. The minimum atomic E-state index is -4.32. The monoisotopic (exact) mass is 747 g/mol. The van der Waals surface area contributed by atoms with Crippen LogP contribution >= 0.6 is 0 Å². The standard InChI is InChI=1S/C41H44N2O6S2.Na/c1-40(2)36(42(26-14-28-50(44,45)46)34-24-22-30-16-10-12-18-32(30)38(34)40)20-8-6-5-7-9-21-37-41(3,4)39-33-19-13-11-17-31(33)23-25-35(39)43(37)27-15-29-51(47,48)49;/h5-13,16-25H,14-15,26-29H2,1-4H3,(H-,44,45,46,47,48,49);/q;+1. The van der Waals surface area contributed by atoms with Crippen LogP contribution in [0.15, 0.2) is 121 Å². The second-order valence-electron chi connectivity index (χ2n) is 14.2. The fraction of sp³-hybridized carbons (Fsp3) is 0.293. The molecule has 11 heteroatoms. The predicted molar refractivity (Wildman–Crippen MR) is 207 cm³/mol. The zero-order chi connectivity index (χ0) is 36.6. The Labute approximate surface area is 329 Å². The molecule has 4 aromatic rings. The van der Waals surface area contributed by atoms with Crippen LogP contribution in [0.3, 0.4) is 0 Å². The van der Waals surface area contributed by atoms with E-state index in [9.17, 15) is 25.9 Å². The molecule has 4 aromatic carbocycles. The van der Waals surface area contributed by atoms with Gasteiger partial charge in [0.15, 0.2) is 5.71 Å². The van der Waals surface area contributed by atoms with Crippen molar-refractivity contribution in [1.82, 2.24) is 0 Å². The molecule has 0 radical (unpaired) electrons. The Morgan fingerprint density at radius 1 is 0.731 bits per heavy atom. The van der Waals surface area contributed by atoms with Crippen molar-refractivity contribution in [2.24, 2.45) is 0 Å². The average molecular weight is 748 g/mol. The molecular formula is C41H44N2NaO6S2+. The molecule has 2 aliphatic rings. The molecule has 0 amide bonds. The Hall–Kier alpha value is -3.35. The van der Waals surface area contributed by atoms with Gasteiger partial charge in [0.25, 0.3) is 10.1 Å². The zero-order valence-electron chi connectivity index (χ0n) is 30.4. The third-order valence-corrected chi connectivity index (χ3v) is 11.6. The Bertz CT molecular complexity index is 2390. The molecule has 0 aromatic heterocycles. The molecule has 0 saturated carbocycles. The van der Waals surface area contributed by atoms with Crippen molar-refractivity contribution in [3.63, 3.8) is 0 Å². The second-order valence-corrected chi connectivity index (χ2v) is 17.3. The summed E-state index contributed by atoms with van der Waals surface area (Å²) < 4.78 is 68.8. The minimum absolute atomic E-state index is 0. The SMILES string of the molecule is CC1(C)C(=CC=CC=CC=CC2=[N+](CCCS(=O)(=O)[O-])c3ccc4ccccc4c3C2(C)C)N(CCCS(=O)(=O)O)c2ccc3ccccc3c21.[Na+]. The molecule has 0 unspecified atom stereocenters. The number of fused-ring (bicyclic) bond motifs is 6. The molecule has 0 aliphatic carbocycles. The van der Waals surface area contributed by atoms with Crippen LogP contribution in [0, 0.1) is 0 Å². The summed E-state index contributed by atoms with van der Waals surface area (Å²) >= 11 is 0. The Kier molecular flexibility index (Phi) is 11.9. The molecule has 2 aliphatic heterocycles. The van der Waals surface area contributed by atoms with Crippen molar-refractivity contribution in [2.75, 3.05) is 29.5 Å². The number of hydrogen-bond acceptors (Lipinski definition) is 6. The van der Waals surface area contributed by atoms with E-state index >= 15 is 0 Å². The van der Waals surface area contributed by atoms with Crippen molar-refractivity contribution in [3.05, 3.63) is 132 Å². The number of nitrogens with zero attached hydrogens (tertiary/aromatic N) is 2. The van der Waals surface area contributed by atoms with Crippen LogP contribution in [0.5, 0.6) is 0 Å². The van der Waals surface area contributed by atoms with E-state index in [1.54, 1.807) is 0 Å². The van der Waals surface area contributed by atoms with Gasteiger partial charge in [0.05, 0.1) is 21.3 Å². The minimum Gasteiger partial charge on any atom is -0.748 e. The van der Waals surface area contributed by atoms with E-state index in [1.807, 2.05) is 54.6 Å². The summed E-state index contributed by atoms with van der Waals surface area (Å²) in [6.45, 7) is 9.55. The molecule has 6 rings (SSSR count). The summed E-state index contributed by atoms with van der Waals surface area (Å²) in [7, 11) is -8.40. The van der Waals surface area contributed by atoms with E-state index in [0.717, 1.165) is 44.3 Å². The van der Waals surface area contributed by atoms with E-state index in [2.05, 4.69) is 97.9 Å². The molecule has 0 fully saturated rings. The molecule has 1 N–H and O–H groups in total. The largest absolute Gasteiger partial charge is 1.00 e. The van der Waals surface area contributed by atoms with Crippen molar-refractivity contribution >= 4 is 58.9 Å². The average Bonchev–Trinajstić information content (AvgIpc) is 3.41. The van der Waals surface area contributed by atoms with Gasteiger partial charge in [-0.3, -0.25) is 4.55 Å². The molecule has 0 bridgehead atoms. The number of rotatable bonds is 12. The van der Waals surface area contributed by atoms with Gasteiger partial charge in [0.2, 0.25) is 5.69 Å². The van der Waals surface area contributed by atoms with Crippen LogP contribution in [-0.2, 0) is 31.1 Å². The van der Waals surface area contributed by atoms with E-state index in [1.165, 1.54) is 11.1 Å². The molecule has 266 valence electrons. The third-order valence-electron chi connectivity index (χ3n) is 10.0. The van der Waals surface area contributed by atoms with Gasteiger partial charge in [0.1, 0.15) is 6.54 Å². The number of anilines is 1. The van der Waals surface area contributed by atoms with Crippen LogP contribution in [0.2, 0.25) is 0 Å². The maximum absolute atomic E-state index is 11.5. The van der Waals surface area contributed by atoms with Crippen LogP contribution in [0.25, 0.3) is 21.5 Å². The summed E-state index contributed by atoms with van der Waals surface area (Å²) in [5.41, 5.74) is 5.74. The van der Waals surface area contributed by atoms with Gasteiger partial charge in [0, 0.05) is 53.2 Å². The Morgan fingerprint density at radius 3 is 1.98 bits per heavy atom. The first-order valence-corrected chi connectivity index (χ1v) is 20.4. The van der Waals surface area contributed by atoms with E-state index in [4.69, 9.17) is 0 Å². The van der Waals surface area contributed by atoms with Gasteiger partial charge < -0.3 is 9.45 Å². The van der Waals surface area contributed by atoms with Crippen molar-refractivity contribution < 1.29 is 60.1 Å². The quantitative estimate of drug-likeness (QED) is 0.0946. The summed E-state index contributed by atoms with van der Waals surface area (Å²) in [6.07, 6.45) is 14.4. The number of hydrogen-bond donors (Lipinski definition) is 1.